The van der Waals surface area contributed by atoms with Crippen molar-refractivity contribution in [3.8, 4) is 11.5 Å². The van der Waals surface area contributed by atoms with E-state index in [-0.39, 0.29) is 5.38 Å². The highest BCUT2D eigenvalue weighted by molar-refractivity contribution is 6.20. The van der Waals surface area contributed by atoms with Crippen LogP contribution in [0.4, 0.5) is 0 Å². The largest absolute Gasteiger partial charge is 0.497 e. The zero-order chi connectivity index (χ0) is 10.6. The van der Waals surface area contributed by atoms with Gasteiger partial charge in [-0.05, 0) is 25.0 Å². The Morgan fingerprint density at radius 2 is 2.00 bits per heavy atom. The van der Waals surface area contributed by atoms with Crippen LogP contribution in [-0.4, -0.2) is 19.6 Å². The molecule has 0 heterocycles. The molecule has 0 amide bonds. The second-order valence-electron chi connectivity index (χ2n) is 3.16. The maximum Gasteiger partial charge on any atom is 0.125 e. The Kier molecular flexibility index (Phi) is 4.08. The van der Waals surface area contributed by atoms with Crippen LogP contribution in [-0.2, 0) is 6.42 Å². The molecule has 0 bridgehead atoms. The first kappa shape index (κ1) is 11.2. The summed E-state index contributed by atoms with van der Waals surface area (Å²) in [4.78, 5) is 0. The first-order valence-electron chi connectivity index (χ1n) is 4.52. The smallest absolute Gasteiger partial charge is 0.125 e. The third kappa shape index (κ3) is 2.81. The Hall–Kier alpha value is -0.890. The molecule has 3 heteroatoms. The van der Waals surface area contributed by atoms with Crippen LogP contribution in [0.2, 0.25) is 0 Å². The van der Waals surface area contributed by atoms with Gasteiger partial charge in [-0.15, -0.1) is 11.6 Å². The third-order valence-electron chi connectivity index (χ3n) is 2.00. The summed E-state index contributed by atoms with van der Waals surface area (Å²) in [7, 11) is 3.29. The van der Waals surface area contributed by atoms with Gasteiger partial charge < -0.3 is 9.47 Å². The van der Waals surface area contributed by atoms with E-state index in [2.05, 4.69) is 0 Å². The van der Waals surface area contributed by atoms with Gasteiger partial charge in [-0.3, -0.25) is 0 Å². The van der Waals surface area contributed by atoms with Crippen molar-refractivity contribution in [1.82, 2.24) is 0 Å². The number of methoxy groups -OCH3 is 2. The van der Waals surface area contributed by atoms with E-state index < -0.39 is 0 Å². The lowest BCUT2D eigenvalue weighted by Gasteiger charge is -2.10. The Bertz CT molecular complexity index is 297. The quantitative estimate of drug-likeness (QED) is 0.718. The van der Waals surface area contributed by atoms with E-state index in [1.54, 1.807) is 14.2 Å². The van der Waals surface area contributed by atoms with E-state index in [1.807, 2.05) is 25.1 Å². The Balaban J connectivity index is 2.93. The predicted octanol–water partition coefficient (Wildman–Crippen LogP) is 2.87. The van der Waals surface area contributed by atoms with Gasteiger partial charge in [0.05, 0.1) is 14.2 Å². The molecule has 0 fully saturated rings. The molecule has 0 N–H and O–H groups in total. The summed E-state index contributed by atoms with van der Waals surface area (Å²) in [6, 6.07) is 5.77. The fraction of sp³-hybridized carbons (Fsp3) is 0.455. The molecule has 1 unspecified atom stereocenters. The van der Waals surface area contributed by atoms with E-state index >= 15 is 0 Å². The second-order valence-corrected chi connectivity index (χ2v) is 3.91. The van der Waals surface area contributed by atoms with Crippen LogP contribution in [0.5, 0.6) is 11.5 Å². The molecule has 0 radical (unpaired) electrons. The maximum absolute atomic E-state index is 5.93. The number of ether oxygens (including phenoxy) is 2. The maximum atomic E-state index is 5.93. The summed E-state index contributed by atoms with van der Waals surface area (Å²) >= 11 is 5.93. The standard InChI is InChI=1S/C11H15ClO2/c1-8(12)6-9-4-5-10(13-2)7-11(9)14-3/h4-5,7-8H,6H2,1-3H3. The van der Waals surface area contributed by atoms with Crippen LogP contribution in [0.1, 0.15) is 12.5 Å². The molecule has 0 aromatic heterocycles. The highest BCUT2D eigenvalue weighted by atomic mass is 35.5. The van der Waals surface area contributed by atoms with E-state index in [4.69, 9.17) is 21.1 Å². The summed E-state index contributed by atoms with van der Waals surface area (Å²) in [6.07, 6.45) is 0.800. The van der Waals surface area contributed by atoms with E-state index in [9.17, 15) is 0 Å². The number of halogens is 1. The van der Waals surface area contributed by atoms with Crippen molar-refractivity contribution in [3.63, 3.8) is 0 Å². The zero-order valence-electron chi connectivity index (χ0n) is 8.71. The zero-order valence-corrected chi connectivity index (χ0v) is 9.47. The molecular weight excluding hydrogens is 200 g/mol. The molecule has 0 saturated heterocycles. The Labute approximate surface area is 89.8 Å². The van der Waals surface area contributed by atoms with Crippen molar-refractivity contribution < 1.29 is 9.47 Å². The van der Waals surface area contributed by atoms with E-state index in [0.29, 0.717) is 0 Å². The van der Waals surface area contributed by atoms with Crippen molar-refractivity contribution in [1.29, 1.82) is 0 Å². The minimum Gasteiger partial charge on any atom is -0.497 e. The second kappa shape index (κ2) is 5.11. The van der Waals surface area contributed by atoms with E-state index in [1.165, 1.54) is 0 Å². The average Bonchev–Trinajstić information content (AvgIpc) is 2.17. The molecule has 1 aromatic carbocycles. The van der Waals surface area contributed by atoms with Gasteiger partial charge in [0.25, 0.3) is 0 Å². The number of hydrogen-bond acceptors (Lipinski definition) is 2. The molecule has 14 heavy (non-hydrogen) atoms. The molecule has 78 valence electrons. The van der Waals surface area contributed by atoms with Crippen LogP contribution in [0, 0.1) is 0 Å². The highest BCUT2D eigenvalue weighted by Crippen LogP contribution is 2.26. The fourth-order valence-corrected chi connectivity index (χ4v) is 1.49. The van der Waals surface area contributed by atoms with Crippen LogP contribution < -0.4 is 9.47 Å². The molecule has 0 aliphatic rings. The summed E-state index contributed by atoms with van der Waals surface area (Å²) in [5.41, 5.74) is 1.11. The van der Waals surface area contributed by atoms with Crippen LogP contribution in [0.15, 0.2) is 18.2 Å². The molecule has 1 rings (SSSR count). The first-order chi connectivity index (χ1) is 6.67. The molecule has 0 aliphatic heterocycles. The average molecular weight is 215 g/mol. The summed E-state index contributed by atoms with van der Waals surface area (Å²) in [5.74, 6) is 1.63. The molecule has 1 atom stereocenters. The van der Waals surface area contributed by atoms with Gasteiger partial charge in [0.15, 0.2) is 0 Å². The highest BCUT2D eigenvalue weighted by Gasteiger charge is 2.07. The van der Waals surface area contributed by atoms with Crippen molar-refractivity contribution in [2.45, 2.75) is 18.7 Å². The van der Waals surface area contributed by atoms with Gasteiger partial charge in [-0.25, -0.2) is 0 Å². The number of benzene rings is 1. The SMILES string of the molecule is COc1ccc(CC(C)Cl)c(OC)c1. The number of hydrogen-bond donors (Lipinski definition) is 0. The molecule has 0 aliphatic carbocycles. The minimum absolute atomic E-state index is 0.109. The molecule has 2 nitrogen and oxygen atoms in total. The van der Waals surface area contributed by atoms with E-state index in [0.717, 1.165) is 23.5 Å². The predicted molar refractivity (Wildman–Crippen MR) is 58.6 cm³/mol. The fourth-order valence-electron chi connectivity index (χ4n) is 1.32. The molecular formula is C11H15ClO2. The summed E-state index contributed by atoms with van der Waals surface area (Å²) < 4.78 is 10.4. The molecule has 0 spiro atoms. The first-order valence-corrected chi connectivity index (χ1v) is 4.96. The minimum atomic E-state index is 0.109. The van der Waals surface area contributed by atoms with Crippen molar-refractivity contribution in [2.24, 2.45) is 0 Å². The normalized spacial score (nSPS) is 12.3. The van der Waals surface area contributed by atoms with Gasteiger partial charge in [0, 0.05) is 11.4 Å². The summed E-state index contributed by atoms with van der Waals surface area (Å²) in [6.45, 7) is 1.96. The monoisotopic (exact) mass is 214 g/mol. The van der Waals surface area contributed by atoms with Gasteiger partial charge in [0.1, 0.15) is 11.5 Å². The van der Waals surface area contributed by atoms with Gasteiger partial charge >= 0.3 is 0 Å². The van der Waals surface area contributed by atoms with Crippen LogP contribution >= 0.6 is 11.6 Å². The van der Waals surface area contributed by atoms with Crippen LogP contribution in [0.3, 0.4) is 0 Å². The van der Waals surface area contributed by atoms with Crippen molar-refractivity contribution >= 4 is 11.6 Å². The van der Waals surface area contributed by atoms with Crippen molar-refractivity contribution in [3.05, 3.63) is 23.8 Å². The number of rotatable bonds is 4. The Morgan fingerprint density at radius 1 is 1.29 bits per heavy atom. The van der Waals surface area contributed by atoms with Crippen LogP contribution in [0.25, 0.3) is 0 Å². The topological polar surface area (TPSA) is 18.5 Å². The van der Waals surface area contributed by atoms with Crippen molar-refractivity contribution in [2.75, 3.05) is 14.2 Å². The number of alkyl halides is 1. The van der Waals surface area contributed by atoms with Gasteiger partial charge in [-0.2, -0.15) is 0 Å². The summed E-state index contributed by atoms with van der Waals surface area (Å²) in [5, 5.41) is 0.109. The lowest BCUT2D eigenvalue weighted by Crippen LogP contribution is -2.00. The van der Waals surface area contributed by atoms with Gasteiger partial charge in [-0.1, -0.05) is 6.07 Å². The van der Waals surface area contributed by atoms with Gasteiger partial charge in [0.2, 0.25) is 0 Å². The molecule has 0 saturated carbocycles. The third-order valence-corrected chi connectivity index (χ3v) is 2.15. The molecule has 1 aromatic rings. The Morgan fingerprint density at radius 3 is 2.50 bits per heavy atom. The lowest BCUT2D eigenvalue weighted by atomic mass is 10.1. The lowest BCUT2D eigenvalue weighted by molar-refractivity contribution is 0.391.